The number of nitrogens with zero attached hydrogens (tertiary/aromatic N) is 1. The highest BCUT2D eigenvalue weighted by molar-refractivity contribution is 5.99. The van der Waals surface area contributed by atoms with Crippen LogP contribution in [0.1, 0.15) is 57.9 Å². The molecule has 4 bridgehead atoms. The number of hydrogen-bond donors (Lipinski definition) is 0. The minimum Gasteiger partial charge on any atom is -0.454 e. The summed E-state index contributed by atoms with van der Waals surface area (Å²) in [7, 11) is 0. The molecular weight excluding hydrogens is 398 g/mol. The van der Waals surface area contributed by atoms with Crippen LogP contribution in [0.5, 0.6) is 11.5 Å². The summed E-state index contributed by atoms with van der Waals surface area (Å²) in [5, 5.41) is 4.00. The third kappa shape index (κ3) is 3.90. The van der Waals surface area contributed by atoms with Gasteiger partial charge in [0.15, 0.2) is 23.4 Å². The molecule has 1 unspecified atom stereocenters. The first kappa shape index (κ1) is 20.3. The molecule has 1 aromatic rings. The predicted octanol–water partition coefficient (Wildman–Crippen LogP) is 3.87. The lowest BCUT2D eigenvalue weighted by atomic mass is 9.48. The lowest BCUT2D eigenvalue weighted by Crippen LogP contribution is -2.52. The van der Waals surface area contributed by atoms with Gasteiger partial charge in [0, 0.05) is 11.0 Å². The van der Waals surface area contributed by atoms with Gasteiger partial charge in [-0.25, -0.2) is 4.79 Å². The van der Waals surface area contributed by atoms with Crippen LogP contribution in [0, 0.1) is 23.2 Å². The molecule has 0 radical (unpaired) electrons. The van der Waals surface area contributed by atoms with E-state index < -0.39 is 12.1 Å². The van der Waals surface area contributed by atoms with E-state index in [9.17, 15) is 9.59 Å². The summed E-state index contributed by atoms with van der Waals surface area (Å²) in [6.45, 7) is 3.35. The Morgan fingerprint density at radius 2 is 1.74 bits per heavy atom. The third-order valence-corrected chi connectivity index (χ3v) is 7.41. The van der Waals surface area contributed by atoms with Crippen molar-refractivity contribution in [1.29, 1.82) is 0 Å². The average molecular weight is 427 g/mol. The number of Topliss-reactive ketones (excluding diaryl/α,β-unsaturated/α-hetero) is 1. The number of benzene rings is 1. The molecule has 0 amide bonds. The van der Waals surface area contributed by atoms with E-state index in [-0.39, 0.29) is 24.6 Å². The van der Waals surface area contributed by atoms with Crippen LogP contribution in [0.2, 0.25) is 0 Å². The first-order valence-electron chi connectivity index (χ1n) is 11.2. The Bertz CT molecular complexity index is 887. The minimum absolute atomic E-state index is 0.0972. The molecule has 7 heteroatoms. The zero-order chi connectivity index (χ0) is 21.6. The fourth-order valence-electron chi connectivity index (χ4n) is 6.48. The molecular formula is C24H29NO6. The van der Waals surface area contributed by atoms with Crippen molar-refractivity contribution in [3.05, 3.63) is 23.8 Å². The number of ether oxygens (including phenoxy) is 3. The van der Waals surface area contributed by atoms with E-state index in [0.29, 0.717) is 35.0 Å². The van der Waals surface area contributed by atoms with Gasteiger partial charge >= 0.3 is 5.97 Å². The molecule has 1 aliphatic heterocycles. The second-order valence-electron chi connectivity index (χ2n) is 9.71. The number of esters is 1. The molecule has 4 aliphatic carbocycles. The van der Waals surface area contributed by atoms with Crippen molar-refractivity contribution >= 4 is 17.5 Å². The number of oxime groups is 1. The third-order valence-electron chi connectivity index (χ3n) is 7.41. The van der Waals surface area contributed by atoms with Crippen molar-refractivity contribution in [2.75, 3.05) is 13.4 Å². The second kappa shape index (κ2) is 7.84. The Balaban J connectivity index is 1.14. The van der Waals surface area contributed by atoms with Crippen molar-refractivity contribution in [1.82, 2.24) is 0 Å². The minimum atomic E-state index is -0.744. The molecule has 5 aliphatic rings. The Morgan fingerprint density at radius 1 is 1.10 bits per heavy atom. The monoisotopic (exact) mass is 427 g/mol. The van der Waals surface area contributed by atoms with Gasteiger partial charge in [0.1, 0.15) is 0 Å². The van der Waals surface area contributed by atoms with Crippen LogP contribution in [0.15, 0.2) is 23.4 Å². The first-order chi connectivity index (χ1) is 14.9. The summed E-state index contributed by atoms with van der Waals surface area (Å²) in [5.74, 6) is 2.90. The summed E-state index contributed by atoms with van der Waals surface area (Å²) in [5.41, 5.74) is 1.13. The topological polar surface area (TPSA) is 83.4 Å². The molecule has 7 nitrogen and oxygen atoms in total. The molecule has 0 N–H and O–H groups in total. The number of ketones is 1. The van der Waals surface area contributed by atoms with Gasteiger partial charge in [0.05, 0.1) is 5.71 Å². The summed E-state index contributed by atoms with van der Waals surface area (Å²) in [4.78, 5) is 30.7. The van der Waals surface area contributed by atoms with E-state index in [1.807, 2.05) is 18.2 Å². The Morgan fingerprint density at radius 3 is 2.42 bits per heavy atom. The van der Waals surface area contributed by atoms with Crippen molar-refractivity contribution in [2.45, 2.75) is 58.5 Å². The number of carbonyl (C=O) groups is 2. The zero-order valence-corrected chi connectivity index (χ0v) is 18.1. The van der Waals surface area contributed by atoms with Crippen LogP contribution in [-0.2, 0) is 19.2 Å². The highest BCUT2D eigenvalue weighted by atomic mass is 16.7. The van der Waals surface area contributed by atoms with Gasteiger partial charge in [-0.3, -0.25) is 4.79 Å². The van der Waals surface area contributed by atoms with E-state index in [0.717, 1.165) is 24.8 Å². The first-order valence-corrected chi connectivity index (χ1v) is 11.2. The van der Waals surface area contributed by atoms with Crippen molar-refractivity contribution in [3.8, 4) is 11.5 Å². The van der Waals surface area contributed by atoms with Crippen LogP contribution in [-0.4, -0.2) is 37.0 Å². The fraction of sp³-hybridized carbons (Fsp3) is 0.625. The smallest absolute Gasteiger partial charge is 0.347 e. The fourth-order valence-corrected chi connectivity index (χ4v) is 6.48. The van der Waals surface area contributed by atoms with Crippen molar-refractivity contribution < 1.29 is 28.6 Å². The van der Waals surface area contributed by atoms with Gasteiger partial charge in [-0.15, -0.1) is 0 Å². The quantitative estimate of drug-likeness (QED) is 0.373. The molecule has 31 heavy (non-hydrogen) atoms. The number of rotatable bonds is 7. The van der Waals surface area contributed by atoms with Gasteiger partial charge in [-0.1, -0.05) is 5.16 Å². The molecule has 1 heterocycles. The van der Waals surface area contributed by atoms with Gasteiger partial charge in [-0.05, 0) is 88.3 Å². The molecule has 0 saturated heterocycles. The Labute approximate surface area is 182 Å². The maximum absolute atomic E-state index is 13.2. The Kier molecular flexibility index (Phi) is 5.15. The van der Waals surface area contributed by atoms with Crippen LogP contribution < -0.4 is 9.47 Å². The molecule has 4 saturated carbocycles. The van der Waals surface area contributed by atoms with Gasteiger partial charge in [-0.2, -0.15) is 0 Å². The molecule has 0 spiro atoms. The highest BCUT2D eigenvalue weighted by Gasteiger charge is 2.55. The van der Waals surface area contributed by atoms with Crippen molar-refractivity contribution in [3.63, 3.8) is 0 Å². The van der Waals surface area contributed by atoms with Gasteiger partial charge < -0.3 is 19.0 Å². The van der Waals surface area contributed by atoms with E-state index >= 15 is 0 Å². The summed E-state index contributed by atoms with van der Waals surface area (Å²) >= 11 is 0. The SMILES string of the molecule is C/C(=N\OCC(=O)OC(C)C(=O)C12CC3CC(CC(C3)C1)C2)c1ccc2c(c1)OCO2. The molecule has 0 aromatic heterocycles. The van der Waals surface area contributed by atoms with E-state index in [4.69, 9.17) is 19.0 Å². The lowest BCUT2D eigenvalue weighted by molar-refractivity contribution is -0.167. The number of carbonyl (C=O) groups excluding carboxylic acids is 2. The summed E-state index contributed by atoms with van der Waals surface area (Å²) in [6, 6.07) is 5.47. The predicted molar refractivity (Wildman–Crippen MR) is 112 cm³/mol. The number of hydrogen-bond acceptors (Lipinski definition) is 7. The van der Waals surface area contributed by atoms with Crippen LogP contribution in [0.4, 0.5) is 0 Å². The largest absolute Gasteiger partial charge is 0.454 e. The molecule has 6 rings (SSSR count). The van der Waals surface area contributed by atoms with Gasteiger partial charge in [0.2, 0.25) is 13.4 Å². The molecule has 1 aromatic carbocycles. The van der Waals surface area contributed by atoms with Crippen LogP contribution >= 0.6 is 0 Å². The lowest BCUT2D eigenvalue weighted by Gasteiger charge is -2.56. The summed E-state index contributed by atoms with van der Waals surface area (Å²) < 4.78 is 16.1. The van der Waals surface area contributed by atoms with Crippen LogP contribution in [0.3, 0.4) is 0 Å². The maximum Gasteiger partial charge on any atom is 0.347 e. The van der Waals surface area contributed by atoms with E-state index in [1.165, 1.54) is 19.3 Å². The zero-order valence-electron chi connectivity index (χ0n) is 18.1. The normalized spacial score (nSPS) is 31.4. The molecule has 1 atom stereocenters. The molecule has 4 fully saturated rings. The Hall–Kier alpha value is -2.57. The second-order valence-corrected chi connectivity index (χ2v) is 9.71. The molecule has 166 valence electrons. The van der Waals surface area contributed by atoms with Crippen LogP contribution in [0.25, 0.3) is 0 Å². The van der Waals surface area contributed by atoms with Crippen molar-refractivity contribution in [2.24, 2.45) is 28.3 Å². The highest BCUT2D eigenvalue weighted by Crippen LogP contribution is 2.60. The van der Waals surface area contributed by atoms with E-state index in [1.54, 1.807) is 13.8 Å². The summed E-state index contributed by atoms with van der Waals surface area (Å²) in [6.07, 6.45) is 5.98. The average Bonchev–Trinajstić information content (AvgIpc) is 3.20. The van der Waals surface area contributed by atoms with E-state index in [2.05, 4.69) is 5.16 Å². The number of fused-ring (bicyclic) bond motifs is 1. The van der Waals surface area contributed by atoms with Gasteiger partial charge in [0.25, 0.3) is 0 Å². The maximum atomic E-state index is 13.2. The standard InChI is InChI=1S/C24H29NO6/c1-14(19-3-4-20-21(8-19)29-13-28-20)25-30-12-22(26)31-15(2)23(27)24-9-16-5-17(10-24)7-18(6-16)11-24/h3-4,8,15-18H,5-7,9-13H2,1-2H3/b25-14+.